The van der Waals surface area contributed by atoms with Gasteiger partial charge in [0.25, 0.3) is 5.91 Å². The molecule has 0 aromatic carbocycles. The summed E-state index contributed by atoms with van der Waals surface area (Å²) in [5, 5.41) is 0. The van der Waals surface area contributed by atoms with Gasteiger partial charge < -0.3 is 10.7 Å². The second kappa shape index (κ2) is 2.26. The van der Waals surface area contributed by atoms with Gasteiger partial charge in [-0.2, -0.15) is 0 Å². The lowest BCUT2D eigenvalue weighted by Gasteiger charge is -1.92. The van der Waals surface area contributed by atoms with Crippen molar-refractivity contribution >= 4 is 5.91 Å². The van der Waals surface area contributed by atoms with Crippen LogP contribution in [0.4, 0.5) is 0 Å². The lowest BCUT2D eigenvalue weighted by molar-refractivity contribution is 0.0995. The molecule has 0 unspecified atom stereocenters. The highest BCUT2D eigenvalue weighted by Crippen LogP contribution is 1.97. The van der Waals surface area contributed by atoms with Crippen LogP contribution in [-0.4, -0.2) is 15.5 Å². The molecule has 3 N–H and O–H groups in total. The van der Waals surface area contributed by atoms with Crippen molar-refractivity contribution in [1.29, 1.82) is 0 Å². The Bertz CT molecular complexity index is 347. The Kier molecular flexibility index (Phi) is 1.56. The number of carbonyl (C=O) groups is 1. The number of nitrogens with one attached hydrogen (secondary N) is 1. The molecular weight excluding hydrogens is 146 g/mol. The lowest BCUT2D eigenvalue weighted by Crippen LogP contribution is -2.14. The third-order valence-corrected chi connectivity index (χ3v) is 1.65. The number of rotatable bonds is 1. The number of hydrogen-bond donors (Lipinski definition) is 2. The molecule has 1 amide bonds. The zero-order valence-corrected chi connectivity index (χ0v) is 6.34. The van der Waals surface area contributed by atoms with Gasteiger partial charge in [-0.1, -0.05) is 0 Å². The van der Waals surface area contributed by atoms with Crippen molar-refractivity contribution < 1.29 is 4.79 Å². The number of amides is 1. The molecule has 1 rings (SSSR count). The van der Waals surface area contributed by atoms with Gasteiger partial charge in [0, 0.05) is 12.7 Å². The number of carbonyl (C=O) groups excluding carboxylic acids is 1. The molecule has 0 atom stereocenters. The van der Waals surface area contributed by atoms with Gasteiger partial charge in [-0.05, 0) is 6.92 Å². The Morgan fingerprint density at radius 1 is 1.64 bits per heavy atom. The molecule has 0 aliphatic heterocycles. The zero-order chi connectivity index (χ0) is 8.59. The average molecular weight is 155 g/mol. The third kappa shape index (κ3) is 1.04. The zero-order valence-electron chi connectivity index (χ0n) is 6.34. The van der Waals surface area contributed by atoms with Gasteiger partial charge in [0.1, 0.15) is 5.69 Å². The third-order valence-electron chi connectivity index (χ3n) is 1.65. The van der Waals surface area contributed by atoms with E-state index >= 15 is 0 Å². The number of hydrogen-bond acceptors (Lipinski definition) is 2. The van der Waals surface area contributed by atoms with E-state index in [1.54, 1.807) is 14.0 Å². The first-order valence-corrected chi connectivity index (χ1v) is 3.09. The molecule has 0 spiro atoms. The Hall–Kier alpha value is -1.52. The molecule has 0 bridgehead atoms. The van der Waals surface area contributed by atoms with Crippen molar-refractivity contribution in [2.75, 3.05) is 0 Å². The van der Waals surface area contributed by atoms with E-state index < -0.39 is 5.91 Å². The van der Waals surface area contributed by atoms with Gasteiger partial charge >= 0.3 is 5.69 Å². The Balaban J connectivity index is 3.42. The first-order valence-electron chi connectivity index (χ1n) is 3.09. The summed E-state index contributed by atoms with van der Waals surface area (Å²) in [6.07, 6.45) is 0. The smallest absolute Gasteiger partial charge is 0.326 e. The van der Waals surface area contributed by atoms with Crippen LogP contribution in [0.15, 0.2) is 4.79 Å². The molecule has 0 aliphatic carbocycles. The quantitative estimate of drug-likeness (QED) is 0.552. The van der Waals surface area contributed by atoms with E-state index in [4.69, 9.17) is 5.73 Å². The maximum atomic E-state index is 10.9. The van der Waals surface area contributed by atoms with Crippen LogP contribution in [0.1, 0.15) is 16.2 Å². The number of nitrogens with zero attached hydrogens (tertiary/aromatic N) is 1. The molecule has 11 heavy (non-hydrogen) atoms. The predicted octanol–water partition coefficient (Wildman–Crippen LogP) is -0.879. The molecule has 1 heterocycles. The number of imidazole rings is 1. The van der Waals surface area contributed by atoms with Crippen LogP contribution in [0.5, 0.6) is 0 Å². The minimum absolute atomic E-state index is 0.178. The van der Waals surface area contributed by atoms with Crippen LogP contribution < -0.4 is 11.4 Å². The predicted molar refractivity (Wildman–Crippen MR) is 39.3 cm³/mol. The van der Waals surface area contributed by atoms with E-state index in [1.165, 1.54) is 4.57 Å². The number of H-pyrrole nitrogens is 1. The maximum Gasteiger partial charge on any atom is 0.326 e. The minimum atomic E-state index is -0.611. The number of primary amides is 1. The van der Waals surface area contributed by atoms with Crippen LogP contribution in [0.3, 0.4) is 0 Å². The summed E-state index contributed by atoms with van der Waals surface area (Å²) in [7, 11) is 1.57. The fraction of sp³-hybridized carbons (Fsp3) is 0.333. The topological polar surface area (TPSA) is 80.9 Å². The largest absolute Gasteiger partial charge is 0.364 e. The van der Waals surface area contributed by atoms with Gasteiger partial charge in [-0.15, -0.1) is 0 Å². The number of aromatic nitrogens is 2. The van der Waals surface area contributed by atoms with Crippen molar-refractivity contribution in [1.82, 2.24) is 9.55 Å². The fourth-order valence-corrected chi connectivity index (χ4v) is 0.841. The van der Waals surface area contributed by atoms with Gasteiger partial charge in [0.05, 0.1) is 0 Å². The summed E-state index contributed by atoms with van der Waals surface area (Å²) < 4.78 is 1.33. The standard InChI is InChI=1S/C6H9N3O2/c1-3-4(5(7)10)8-6(11)9(3)2/h1-2H3,(H2,7,10)(H,8,11). The van der Waals surface area contributed by atoms with Crippen molar-refractivity contribution in [3.05, 3.63) is 21.9 Å². The van der Waals surface area contributed by atoms with E-state index in [0.29, 0.717) is 5.69 Å². The highest BCUT2D eigenvalue weighted by atomic mass is 16.2. The first kappa shape index (κ1) is 7.59. The van der Waals surface area contributed by atoms with E-state index in [0.717, 1.165) is 0 Å². The number of nitrogens with two attached hydrogens (primary N) is 1. The normalized spacial score (nSPS) is 10.0. The Labute approximate surface area is 62.8 Å². The summed E-state index contributed by atoms with van der Waals surface area (Å²) in [6, 6.07) is 0. The van der Waals surface area contributed by atoms with Crippen LogP contribution in [0.25, 0.3) is 0 Å². The first-order chi connectivity index (χ1) is 5.04. The highest BCUT2D eigenvalue weighted by molar-refractivity contribution is 5.91. The SMILES string of the molecule is Cc1c(C(N)=O)[nH]c(=O)n1C. The summed E-state index contributed by atoms with van der Waals surface area (Å²) >= 11 is 0. The molecule has 0 fully saturated rings. The molecular formula is C6H9N3O2. The van der Waals surface area contributed by atoms with E-state index in [9.17, 15) is 9.59 Å². The van der Waals surface area contributed by atoms with Gasteiger partial charge in [0.15, 0.2) is 0 Å². The maximum absolute atomic E-state index is 10.9. The van der Waals surface area contributed by atoms with E-state index in [-0.39, 0.29) is 11.4 Å². The van der Waals surface area contributed by atoms with Crippen molar-refractivity contribution in [2.45, 2.75) is 6.92 Å². The average Bonchev–Trinajstić information content (AvgIpc) is 2.17. The second-order valence-corrected chi connectivity index (χ2v) is 2.31. The number of aromatic amines is 1. The Morgan fingerprint density at radius 2 is 2.18 bits per heavy atom. The second-order valence-electron chi connectivity index (χ2n) is 2.31. The molecule has 1 aromatic heterocycles. The van der Waals surface area contributed by atoms with Gasteiger partial charge in [-0.25, -0.2) is 4.79 Å². The van der Waals surface area contributed by atoms with Crippen LogP contribution in [0, 0.1) is 6.92 Å². The van der Waals surface area contributed by atoms with Crippen LogP contribution in [-0.2, 0) is 7.05 Å². The molecule has 0 radical (unpaired) electrons. The summed E-state index contributed by atoms with van der Waals surface area (Å²) in [6.45, 7) is 1.65. The summed E-state index contributed by atoms with van der Waals surface area (Å²) in [5.41, 5.74) is 5.39. The molecule has 60 valence electrons. The van der Waals surface area contributed by atoms with Crippen LogP contribution >= 0.6 is 0 Å². The van der Waals surface area contributed by atoms with Crippen molar-refractivity contribution in [2.24, 2.45) is 12.8 Å². The van der Waals surface area contributed by atoms with Gasteiger partial charge in [0.2, 0.25) is 0 Å². The Morgan fingerprint density at radius 3 is 2.36 bits per heavy atom. The molecule has 1 aromatic rings. The summed E-state index contributed by atoms with van der Waals surface area (Å²) in [4.78, 5) is 23.8. The van der Waals surface area contributed by atoms with Gasteiger partial charge in [-0.3, -0.25) is 9.36 Å². The van der Waals surface area contributed by atoms with Crippen LogP contribution in [0.2, 0.25) is 0 Å². The molecule has 0 saturated heterocycles. The molecule has 5 nitrogen and oxygen atoms in total. The molecule has 0 aliphatic rings. The van der Waals surface area contributed by atoms with E-state index in [1.807, 2.05) is 0 Å². The molecule has 5 heteroatoms. The monoisotopic (exact) mass is 155 g/mol. The summed E-state index contributed by atoms with van der Waals surface area (Å²) in [5.74, 6) is -0.611. The molecule has 0 saturated carbocycles. The minimum Gasteiger partial charge on any atom is -0.364 e. The highest BCUT2D eigenvalue weighted by Gasteiger charge is 2.10. The fourth-order valence-electron chi connectivity index (χ4n) is 0.841. The van der Waals surface area contributed by atoms with E-state index in [2.05, 4.69) is 4.98 Å². The van der Waals surface area contributed by atoms with Crippen molar-refractivity contribution in [3.63, 3.8) is 0 Å². The lowest BCUT2D eigenvalue weighted by atomic mass is 10.3. The van der Waals surface area contributed by atoms with Crippen molar-refractivity contribution in [3.8, 4) is 0 Å².